The minimum atomic E-state index is -0.778. The molecule has 0 bridgehead atoms. The summed E-state index contributed by atoms with van der Waals surface area (Å²) in [6.45, 7) is 2.89. The van der Waals surface area contributed by atoms with Crippen molar-refractivity contribution < 1.29 is 19.4 Å². The SMILES string of the molecule is CCC1OCCC1C(=O)NCC1(C(=O)O)CCCC1. The molecule has 1 saturated heterocycles. The molecule has 2 aliphatic rings. The van der Waals surface area contributed by atoms with Gasteiger partial charge in [0.2, 0.25) is 5.91 Å². The molecule has 1 heterocycles. The molecule has 1 amide bonds. The predicted octanol–water partition coefficient (Wildman–Crippen LogP) is 1.56. The number of rotatable bonds is 5. The van der Waals surface area contributed by atoms with Crippen LogP contribution in [-0.4, -0.2) is 36.2 Å². The molecule has 2 unspecified atom stereocenters. The van der Waals surface area contributed by atoms with Crippen LogP contribution < -0.4 is 5.32 Å². The van der Waals surface area contributed by atoms with Crippen LogP contribution in [0.3, 0.4) is 0 Å². The summed E-state index contributed by atoms with van der Waals surface area (Å²) >= 11 is 0. The maximum absolute atomic E-state index is 12.2. The van der Waals surface area contributed by atoms with Gasteiger partial charge >= 0.3 is 5.97 Å². The van der Waals surface area contributed by atoms with Crippen molar-refractivity contribution in [3.63, 3.8) is 0 Å². The standard InChI is InChI=1S/C14H23NO4/c1-2-11-10(5-8-19-11)12(16)15-9-14(13(17)18)6-3-4-7-14/h10-11H,2-9H2,1H3,(H,15,16)(H,17,18). The lowest BCUT2D eigenvalue weighted by Gasteiger charge is -2.25. The van der Waals surface area contributed by atoms with Gasteiger partial charge < -0.3 is 15.2 Å². The minimum Gasteiger partial charge on any atom is -0.481 e. The van der Waals surface area contributed by atoms with E-state index in [2.05, 4.69) is 5.32 Å². The molecule has 2 rings (SSSR count). The molecular formula is C14H23NO4. The summed E-state index contributed by atoms with van der Waals surface area (Å²) in [6, 6.07) is 0. The number of carboxylic acid groups (broad SMARTS) is 1. The van der Waals surface area contributed by atoms with Crippen LogP contribution in [-0.2, 0) is 14.3 Å². The molecule has 2 fully saturated rings. The van der Waals surface area contributed by atoms with Crippen LogP contribution in [0, 0.1) is 11.3 Å². The quantitative estimate of drug-likeness (QED) is 0.794. The topological polar surface area (TPSA) is 75.6 Å². The maximum atomic E-state index is 12.2. The van der Waals surface area contributed by atoms with Crippen molar-refractivity contribution >= 4 is 11.9 Å². The Morgan fingerprint density at radius 2 is 2.05 bits per heavy atom. The highest BCUT2D eigenvalue weighted by Crippen LogP contribution is 2.38. The summed E-state index contributed by atoms with van der Waals surface area (Å²) in [7, 11) is 0. The van der Waals surface area contributed by atoms with Gasteiger partial charge in [0.25, 0.3) is 0 Å². The molecule has 5 nitrogen and oxygen atoms in total. The van der Waals surface area contributed by atoms with Crippen LogP contribution in [0.15, 0.2) is 0 Å². The van der Waals surface area contributed by atoms with Crippen molar-refractivity contribution in [1.29, 1.82) is 0 Å². The van der Waals surface area contributed by atoms with Crippen molar-refractivity contribution in [1.82, 2.24) is 5.32 Å². The van der Waals surface area contributed by atoms with E-state index < -0.39 is 11.4 Å². The molecule has 19 heavy (non-hydrogen) atoms. The van der Waals surface area contributed by atoms with E-state index in [-0.39, 0.29) is 24.5 Å². The van der Waals surface area contributed by atoms with Crippen molar-refractivity contribution in [3.05, 3.63) is 0 Å². The zero-order valence-electron chi connectivity index (χ0n) is 11.5. The smallest absolute Gasteiger partial charge is 0.311 e. The number of amides is 1. The number of hydrogen-bond donors (Lipinski definition) is 2. The summed E-state index contributed by atoms with van der Waals surface area (Å²) in [6.07, 6.45) is 4.76. The van der Waals surface area contributed by atoms with E-state index in [1.165, 1.54) is 0 Å². The number of carbonyl (C=O) groups excluding carboxylic acids is 1. The fourth-order valence-electron chi connectivity index (χ4n) is 3.26. The molecule has 1 aliphatic heterocycles. The molecule has 5 heteroatoms. The van der Waals surface area contributed by atoms with Crippen molar-refractivity contribution in [2.45, 2.75) is 51.6 Å². The molecule has 0 spiro atoms. The first-order chi connectivity index (χ1) is 9.09. The lowest BCUT2D eigenvalue weighted by molar-refractivity contribution is -0.148. The normalized spacial score (nSPS) is 29.3. The van der Waals surface area contributed by atoms with Gasteiger partial charge in [0.15, 0.2) is 0 Å². The molecule has 1 aliphatic carbocycles. The summed E-state index contributed by atoms with van der Waals surface area (Å²) < 4.78 is 5.50. The lowest BCUT2D eigenvalue weighted by Crippen LogP contribution is -2.44. The maximum Gasteiger partial charge on any atom is 0.311 e. The number of carboxylic acids is 1. The van der Waals surface area contributed by atoms with E-state index in [4.69, 9.17) is 4.74 Å². The van der Waals surface area contributed by atoms with Gasteiger partial charge in [-0.3, -0.25) is 9.59 Å². The third kappa shape index (κ3) is 2.91. The third-order valence-corrected chi connectivity index (χ3v) is 4.56. The number of hydrogen-bond acceptors (Lipinski definition) is 3. The van der Waals surface area contributed by atoms with Gasteiger partial charge in [-0.2, -0.15) is 0 Å². The van der Waals surface area contributed by atoms with Crippen LogP contribution in [0.2, 0.25) is 0 Å². The minimum absolute atomic E-state index is 0.00986. The van der Waals surface area contributed by atoms with Crippen LogP contribution in [0.5, 0.6) is 0 Å². The zero-order valence-corrected chi connectivity index (χ0v) is 11.5. The average molecular weight is 269 g/mol. The van der Waals surface area contributed by atoms with E-state index in [0.717, 1.165) is 25.7 Å². The molecule has 0 radical (unpaired) electrons. The number of aliphatic carboxylic acids is 1. The summed E-state index contributed by atoms with van der Waals surface area (Å²) in [4.78, 5) is 23.6. The van der Waals surface area contributed by atoms with E-state index in [0.29, 0.717) is 19.4 Å². The first-order valence-electron chi connectivity index (χ1n) is 7.22. The summed E-state index contributed by atoms with van der Waals surface area (Å²) in [5, 5.41) is 12.2. The molecule has 2 atom stereocenters. The van der Waals surface area contributed by atoms with Crippen LogP contribution in [0.1, 0.15) is 45.4 Å². The van der Waals surface area contributed by atoms with Crippen LogP contribution in [0.4, 0.5) is 0 Å². The Labute approximate surface area is 113 Å². The third-order valence-electron chi connectivity index (χ3n) is 4.56. The van der Waals surface area contributed by atoms with E-state index in [1.54, 1.807) is 0 Å². The Hall–Kier alpha value is -1.10. The van der Waals surface area contributed by atoms with Gasteiger partial charge in [-0.1, -0.05) is 19.8 Å². The molecule has 0 aromatic heterocycles. The van der Waals surface area contributed by atoms with Crippen molar-refractivity contribution in [2.24, 2.45) is 11.3 Å². The van der Waals surface area contributed by atoms with Crippen LogP contribution in [0.25, 0.3) is 0 Å². The molecule has 0 aromatic rings. The second-order valence-corrected chi connectivity index (χ2v) is 5.72. The fourth-order valence-corrected chi connectivity index (χ4v) is 3.26. The molecule has 108 valence electrons. The Kier molecular flexibility index (Phi) is 4.45. The second kappa shape index (κ2) is 5.90. The molecule has 1 saturated carbocycles. The number of ether oxygens (including phenoxy) is 1. The van der Waals surface area contributed by atoms with Gasteiger partial charge in [0.1, 0.15) is 0 Å². The largest absolute Gasteiger partial charge is 0.481 e. The first-order valence-corrected chi connectivity index (χ1v) is 7.22. The molecule has 0 aromatic carbocycles. The number of nitrogens with one attached hydrogen (secondary N) is 1. The van der Waals surface area contributed by atoms with Gasteiger partial charge in [0.05, 0.1) is 17.4 Å². The highest BCUT2D eigenvalue weighted by molar-refractivity contribution is 5.81. The molecular weight excluding hydrogens is 246 g/mol. The highest BCUT2D eigenvalue weighted by Gasteiger charge is 2.42. The van der Waals surface area contributed by atoms with Gasteiger partial charge in [-0.05, 0) is 25.7 Å². The Balaban J connectivity index is 1.90. The summed E-state index contributed by atoms with van der Waals surface area (Å²) in [5.74, 6) is -0.936. The molecule has 2 N–H and O–H groups in total. The Morgan fingerprint density at radius 3 is 2.63 bits per heavy atom. The van der Waals surface area contributed by atoms with Gasteiger partial charge in [-0.15, -0.1) is 0 Å². The highest BCUT2D eigenvalue weighted by atomic mass is 16.5. The monoisotopic (exact) mass is 269 g/mol. The van der Waals surface area contributed by atoms with Gasteiger partial charge in [0, 0.05) is 13.2 Å². The van der Waals surface area contributed by atoms with Crippen molar-refractivity contribution in [2.75, 3.05) is 13.2 Å². The predicted molar refractivity (Wildman–Crippen MR) is 69.7 cm³/mol. The van der Waals surface area contributed by atoms with E-state index in [1.807, 2.05) is 6.92 Å². The van der Waals surface area contributed by atoms with Crippen molar-refractivity contribution in [3.8, 4) is 0 Å². The fraction of sp³-hybridized carbons (Fsp3) is 0.857. The zero-order chi connectivity index (χ0) is 13.9. The Morgan fingerprint density at radius 1 is 1.37 bits per heavy atom. The first kappa shape index (κ1) is 14.3. The van der Waals surface area contributed by atoms with E-state index in [9.17, 15) is 14.7 Å². The van der Waals surface area contributed by atoms with Crippen LogP contribution >= 0.6 is 0 Å². The second-order valence-electron chi connectivity index (χ2n) is 5.72. The Bertz CT molecular complexity index is 349. The average Bonchev–Trinajstić information content (AvgIpc) is 3.05. The summed E-state index contributed by atoms with van der Waals surface area (Å²) in [5.41, 5.74) is -0.739. The lowest BCUT2D eigenvalue weighted by atomic mass is 9.86. The van der Waals surface area contributed by atoms with E-state index >= 15 is 0 Å². The number of carbonyl (C=O) groups is 2. The van der Waals surface area contributed by atoms with Gasteiger partial charge in [-0.25, -0.2) is 0 Å².